The fourth-order valence-corrected chi connectivity index (χ4v) is 3.42. The third-order valence-corrected chi connectivity index (χ3v) is 5.16. The van der Waals surface area contributed by atoms with Gasteiger partial charge in [0.05, 0.1) is 0 Å². The zero-order valence-electron chi connectivity index (χ0n) is 14.5. The van der Waals surface area contributed by atoms with Gasteiger partial charge in [-0.3, -0.25) is 0 Å². The fraction of sp³-hybridized carbons (Fsp3) is 0.455. The Morgan fingerprint density at radius 3 is 1.18 bits per heavy atom. The molecule has 2 rings (SSSR count). The van der Waals surface area contributed by atoms with Crippen LogP contribution in [0.3, 0.4) is 0 Å². The van der Waals surface area contributed by atoms with Crippen molar-refractivity contribution in [2.24, 2.45) is 11.8 Å². The Kier molecular flexibility index (Phi) is 6.24. The van der Waals surface area contributed by atoms with Gasteiger partial charge in [-0.05, 0) is 47.6 Å². The van der Waals surface area contributed by atoms with Crippen LogP contribution in [0.25, 0.3) is 0 Å². The monoisotopic (exact) mass is 294 g/mol. The lowest BCUT2D eigenvalue weighted by Crippen LogP contribution is -2.13. The Balaban J connectivity index is 1.88. The minimum atomic E-state index is 0.644. The maximum absolute atomic E-state index is 2.42. The van der Waals surface area contributed by atoms with Gasteiger partial charge in [0, 0.05) is 0 Å². The lowest BCUT2D eigenvalue weighted by atomic mass is 9.79. The summed E-state index contributed by atoms with van der Waals surface area (Å²) >= 11 is 0. The van der Waals surface area contributed by atoms with Crippen LogP contribution in [0.5, 0.6) is 0 Å². The van der Waals surface area contributed by atoms with Gasteiger partial charge in [0.15, 0.2) is 0 Å². The summed E-state index contributed by atoms with van der Waals surface area (Å²) in [5, 5.41) is 0. The van der Waals surface area contributed by atoms with Crippen LogP contribution < -0.4 is 0 Å². The average molecular weight is 294 g/mol. The smallest absolute Gasteiger partial charge is 0.0188 e. The highest BCUT2D eigenvalue weighted by molar-refractivity contribution is 5.19. The molecule has 0 saturated heterocycles. The van der Waals surface area contributed by atoms with Gasteiger partial charge in [-0.2, -0.15) is 0 Å². The highest BCUT2D eigenvalue weighted by atomic mass is 14.2. The van der Waals surface area contributed by atoms with E-state index in [9.17, 15) is 0 Å². The molecule has 2 aromatic carbocycles. The molecule has 0 heterocycles. The Labute approximate surface area is 136 Å². The van der Waals surface area contributed by atoms with Crippen molar-refractivity contribution >= 4 is 0 Å². The molecular formula is C22H30. The zero-order valence-corrected chi connectivity index (χ0v) is 14.5. The minimum absolute atomic E-state index is 0.644. The minimum Gasteiger partial charge on any atom is -0.0622 e. The van der Waals surface area contributed by atoms with Gasteiger partial charge in [0.1, 0.15) is 0 Å². The molecule has 2 aromatic rings. The molecule has 0 aliphatic rings. The summed E-state index contributed by atoms with van der Waals surface area (Å²) in [6, 6.07) is 21.8. The normalized spacial score (nSPS) is 16.7. The van der Waals surface area contributed by atoms with Crippen molar-refractivity contribution < 1.29 is 0 Å². The van der Waals surface area contributed by atoms with Crippen LogP contribution in [0.2, 0.25) is 0 Å². The maximum Gasteiger partial charge on any atom is -0.0188 e. The lowest BCUT2D eigenvalue weighted by Gasteiger charge is -2.26. The molecule has 0 bridgehead atoms. The van der Waals surface area contributed by atoms with E-state index >= 15 is 0 Å². The zero-order chi connectivity index (χ0) is 15.9. The molecule has 0 amide bonds. The number of hydrogen-bond donors (Lipinski definition) is 0. The van der Waals surface area contributed by atoms with Gasteiger partial charge in [-0.1, -0.05) is 88.4 Å². The van der Waals surface area contributed by atoms with Crippen molar-refractivity contribution in [3.05, 3.63) is 71.8 Å². The van der Waals surface area contributed by atoms with Gasteiger partial charge >= 0.3 is 0 Å². The van der Waals surface area contributed by atoms with Crippen LogP contribution in [0.15, 0.2) is 60.7 Å². The van der Waals surface area contributed by atoms with E-state index < -0.39 is 0 Å². The predicted octanol–water partition coefficient (Wildman–Crippen LogP) is 6.65. The molecule has 0 saturated carbocycles. The largest absolute Gasteiger partial charge is 0.0622 e. The van der Waals surface area contributed by atoms with Crippen molar-refractivity contribution in [1.29, 1.82) is 0 Å². The molecule has 22 heavy (non-hydrogen) atoms. The van der Waals surface area contributed by atoms with Gasteiger partial charge in [-0.25, -0.2) is 0 Å². The van der Waals surface area contributed by atoms with Crippen molar-refractivity contribution in [2.45, 2.75) is 52.4 Å². The molecule has 0 aliphatic carbocycles. The first-order valence-corrected chi connectivity index (χ1v) is 8.67. The molecule has 4 unspecified atom stereocenters. The molecule has 0 aromatic heterocycles. The summed E-state index contributed by atoms with van der Waals surface area (Å²) < 4.78 is 0. The molecule has 0 N–H and O–H groups in total. The second-order valence-corrected chi connectivity index (χ2v) is 7.05. The summed E-state index contributed by atoms with van der Waals surface area (Å²) in [5.74, 6) is 2.79. The fourth-order valence-electron chi connectivity index (χ4n) is 3.42. The molecular weight excluding hydrogens is 264 g/mol. The van der Waals surface area contributed by atoms with E-state index in [1.54, 1.807) is 0 Å². The van der Waals surface area contributed by atoms with Crippen LogP contribution in [-0.2, 0) is 0 Å². The van der Waals surface area contributed by atoms with E-state index in [0.717, 1.165) is 11.8 Å². The SMILES string of the molecule is CC(CC(C)C(C)CC(C)c1ccccc1)c1ccccc1. The molecule has 0 radical (unpaired) electrons. The number of hydrogen-bond acceptors (Lipinski definition) is 0. The van der Waals surface area contributed by atoms with Crippen molar-refractivity contribution in [1.82, 2.24) is 0 Å². The van der Waals surface area contributed by atoms with Gasteiger partial charge in [0.25, 0.3) is 0 Å². The molecule has 0 aliphatic heterocycles. The average Bonchev–Trinajstić information content (AvgIpc) is 2.56. The molecule has 4 atom stereocenters. The Hall–Kier alpha value is -1.56. The third kappa shape index (κ3) is 4.73. The summed E-state index contributed by atoms with van der Waals surface area (Å²) in [7, 11) is 0. The molecule has 0 spiro atoms. The quantitative estimate of drug-likeness (QED) is 0.536. The Morgan fingerprint density at radius 1 is 0.545 bits per heavy atom. The van der Waals surface area contributed by atoms with E-state index in [-0.39, 0.29) is 0 Å². The van der Waals surface area contributed by atoms with E-state index in [1.165, 1.54) is 24.0 Å². The van der Waals surface area contributed by atoms with Gasteiger partial charge in [0.2, 0.25) is 0 Å². The second kappa shape index (κ2) is 8.17. The summed E-state index contributed by atoms with van der Waals surface area (Å²) in [6.07, 6.45) is 2.54. The van der Waals surface area contributed by atoms with Crippen LogP contribution in [0.4, 0.5) is 0 Å². The highest BCUT2D eigenvalue weighted by Gasteiger charge is 2.19. The van der Waals surface area contributed by atoms with Crippen molar-refractivity contribution in [2.75, 3.05) is 0 Å². The first-order valence-electron chi connectivity index (χ1n) is 8.67. The summed E-state index contributed by atoms with van der Waals surface area (Å²) in [6.45, 7) is 9.56. The molecule has 0 fully saturated rings. The summed E-state index contributed by atoms with van der Waals surface area (Å²) in [5.41, 5.74) is 2.94. The third-order valence-electron chi connectivity index (χ3n) is 5.16. The van der Waals surface area contributed by atoms with Crippen LogP contribution in [-0.4, -0.2) is 0 Å². The molecule has 0 heteroatoms. The topological polar surface area (TPSA) is 0 Å². The molecule has 0 nitrogen and oxygen atoms in total. The number of benzene rings is 2. The predicted molar refractivity (Wildman–Crippen MR) is 97.3 cm³/mol. The Morgan fingerprint density at radius 2 is 0.864 bits per heavy atom. The highest BCUT2D eigenvalue weighted by Crippen LogP contribution is 2.32. The first-order chi connectivity index (χ1) is 10.6. The maximum atomic E-state index is 2.42. The lowest BCUT2D eigenvalue weighted by molar-refractivity contribution is 0.312. The second-order valence-electron chi connectivity index (χ2n) is 7.05. The van der Waals surface area contributed by atoms with E-state index in [4.69, 9.17) is 0 Å². The van der Waals surface area contributed by atoms with Crippen LogP contribution in [0, 0.1) is 11.8 Å². The number of rotatable bonds is 7. The summed E-state index contributed by atoms with van der Waals surface area (Å²) in [4.78, 5) is 0. The molecule has 118 valence electrons. The van der Waals surface area contributed by atoms with Crippen molar-refractivity contribution in [3.8, 4) is 0 Å². The van der Waals surface area contributed by atoms with E-state index in [2.05, 4.69) is 88.4 Å². The van der Waals surface area contributed by atoms with E-state index in [0.29, 0.717) is 11.8 Å². The van der Waals surface area contributed by atoms with Gasteiger partial charge in [-0.15, -0.1) is 0 Å². The Bertz CT molecular complexity index is 477. The standard InChI is InChI=1S/C22H30/c1-17(15-19(3)21-11-7-5-8-12-21)18(2)16-20(4)22-13-9-6-10-14-22/h5-14,17-20H,15-16H2,1-4H3. The van der Waals surface area contributed by atoms with Crippen molar-refractivity contribution in [3.63, 3.8) is 0 Å². The van der Waals surface area contributed by atoms with Gasteiger partial charge < -0.3 is 0 Å². The van der Waals surface area contributed by atoms with E-state index in [1.807, 2.05) is 0 Å². The first kappa shape index (κ1) is 16.8. The van der Waals surface area contributed by atoms with Crippen LogP contribution >= 0.6 is 0 Å². The van der Waals surface area contributed by atoms with Crippen LogP contribution in [0.1, 0.15) is 63.5 Å².